The summed E-state index contributed by atoms with van der Waals surface area (Å²) >= 11 is 0. The Morgan fingerprint density at radius 3 is 0.953 bits per heavy atom. The fourth-order valence-electron chi connectivity index (χ4n) is 17.4. The first-order valence-electron chi connectivity index (χ1n) is 48.7. The van der Waals surface area contributed by atoms with Gasteiger partial charge in [0.25, 0.3) is 50.1 Å². The second-order valence-electron chi connectivity index (χ2n) is 37.5. The molecule has 0 aromatic heterocycles. The number of rotatable bonds is 32. The number of sulfonamides is 9. The molecule has 6 N–H and O–H groups in total. The monoisotopic (exact) mass is 2230 g/mol. The maximum atomic E-state index is 13.1. The molecule has 3 unspecified atom stereocenters. The number of hydrogen-bond acceptors (Lipinski definition) is 25. The maximum absolute atomic E-state index is 13.1. The number of para-hydroxylation sites is 2. The number of anilines is 10. The lowest BCUT2D eigenvalue weighted by atomic mass is 9.98. The van der Waals surface area contributed by atoms with Crippen LogP contribution in [0.25, 0.3) is 4.85 Å². The molecule has 0 saturated carbocycles. The van der Waals surface area contributed by atoms with Gasteiger partial charge in [0.1, 0.15) is 0 Å². The first kappa shape index (κ1) is 117. The third-order valence-electron chi connectivity index (χ3n) is 25.6. The Morgan fingerprint density at radius 2 is 0.622 bits per heavy atom. The van der Waals surface area contributed by atoms with Crippen molar-refractivity contribution in [3.8, 4) is 0 Å². The van der Waals surface area contributed by atoms with Crippen molar-refractivity contribution in [2.75, 3.05) is 170 Å². The van der Waals surface area contributed by atoms with Crippen LogP contribution in [0.1, 0.15) is 134 Å². The molecule has 46 heteroatoms. The van der Waals surface area contributed by atoms with E-state index in [9.17, 15) is 85.2 Å². The van der Waals surface area contributed by atoms with Gasteiger partial charge >= 0.3 is 7.60 Å². The Labute approximate surface area is 876 Å². The minimum Gasteiger partial charge on any atom is -0.370 e. The maximum Gasteiger partial charge on any atom is 0.358 e. The zero-order valence-corrected chi connectivity index (χ0v) is 94.1. The van der Waals surface area contributed by atoms with Gasteiger partial charge in [0.05, 0.1) is 119 Å². The standard InChI is InChI=1S/C22H31N3O4S2.C21H29N3O4S2.C20H24N4O4S2.C20H27N3O4S2.C19H25N2O5PS/c1-5-18-8-6-7-15-25(18)22-14-9-17(2)16-21(22)23-30(26,27)19-10-12-20(13-11-19)31(28,29)24(3)4;1-16-7-12-21(24-13-5-6-17(2)15-24)20(14-16)22-29(25,26)18-8-10-19(11-9-18)30(27,28)23(3)4;1-21-16-7-12-20(24-13-5-4-6-14-24)19(15-16)22-29(25,26)17-8-10-18(11-9-17)30(27,28)23(2)3;1-16-7-12-20(23-13-5-4-6-14-23)19(15-16)21-28(24,25)17-8-10-18(11-9-17)29(26,27)22(2)3;1-2-26-27(22,23)16-10-12-17(13-11-16)28(24,25)20-18-8-4-5-9-19(18)21-14-6-3-7-15-21/h9-14,16,18,23H,5-8,15H2,1-4H3;7-12,14,17,22H,5-6,13,15H2,1-4H3;7-12,15,22H,4-6,13-14H2,2-3H3;7-12,15,21H,4-6,13-14H2,1-3H3;4-5,8-13,20H,2-3,6-7,14-15H2,1H3,(H,22,23). The normalized spacial score (nSPS) is 16.7. The molecule has 3 atom stereocenters. The zero-order valence-electron chi connectivity index (χ0n) is 85.8. The number of piperidine rings is 5. The van der Waals surface area contributed by atoms with Crippen LogP contribution in [-0.2, 0) is 99.3 Å². The highest BCUT2D eigenvalue weighted by Gasteiger charge is 2.33. The van der Waals surface area contributed by atoms with Crippen LogP contribution in [0.3, 0.4) is 0 Å². The summed E-state index contributed by atoms with van der Waals surface area (Å²) in [6, 6.07) is 56.1. The number of nitrogens with one attached hydrogen (secondary N) is 5. The Balaban J connectivity index is 0.000000176. The minimum absolute atomic E-state index is 0.00968. The highest BCUT2D eigenvalue weighted by atomic mass is 32.2. The van der Waals surface area contributed by atoms with Crippen molar-refractivity contribution in [2.45, 2.75) is 188 Å². The third kappa shape index (κ3) is 30.2. The van der Waals surface area contributed by atoms with Crippen molar-refractivity contribution in [3.63, 3.8) is 0 Å². The molecule has 0 bridgehead atoms. The van der Waals surface area contributed by atoms with E-state index in [1.165, 1.54) is 209 Å². The number of nitrogens with zero attached hydrogens (tertiary/aromatic N) is 10. The predicted octanol–water partition coefficient (Wildman–Crippen LogP) is 16.7. The van der Waals surface area contributed by atoms with E-state index in [2.05, 4.69) is 66.8 Å². The van der Waals surface area contributed by atoms with E-state index in [1.807, 2.05) is 87.5 Å². The lowest BCUT2D eigenvalue weighted by Crippen LogP contribution is -2.39. The van der Waals surface area contributed by atoms with Crippen molar-refractivity contribution >= 4 is 166 Å². The van der Waals surface area contributed by atoms with Crippen molar-refractivity contribution in [3.05, 3.63) is 246 Å². The van der Waals surface area contributed by atoms with Crippen LogP contribution < -0.4 is 53.4 Å². The lowest BCUT2D eigenvalue weighted by molar-refractivity contribution is 0.284. The van der Waals surface area contributed by atoms with Gasteiger partial charge in [-0.1, -0.05) is 50.2 Å². The number of hydrogen-bond donors (Lipinski definition) is 6. The SMILES string of the molecule is CCC1CCCCN1c1ccc(C)cc1NS(=O)(=O)c1ccc(S(=O)(=O)N(C)C)cc1.CCOP(=O)(O)c1ccc(S(=O)(=O)Nc2ccccc2N2CCCCC2)cc1.Cc1ccc(N2CCCC(C)C2)c(NS(=O)(=O)c2ccc(S(=O)(=O)N(C)C)cc2)c1.Cc1ccc(N2CCCCC2)c(NS(=O)(=O)c2ccc(S(=O)(=O)N(C)C)cc2)c1.[C-]#[N+]c1ccc(N2CCCCC2)c(NS(=O)(=O)c2ccc(S(=O)(=O)N(C)C)cc2)c1. The van der Waals surface area contributed by atoms with Crippen LogP contribution in [0.15, 0.2) is 262 Å². The summed E-state index contributed by atoms with van der Waals surface area (Å²) < 4.78 is 262. The van der Waals surface area contributed by atoms with E-state index < -0.39 is 97.8 Å². The summed E-state index contributed by atoms with van der Waals surface area (Å²) in [6.45, 7) is 27.0. The second kappa shape index (κ2) is 50.4. The van der Waals surface area contributed by atoms with Crippen LogP contribution in [0.4, 0.5) is 62.6 Å². The molecule has 0 amide bonds. The Hall–Kier alpha value is -10.8. The van der Waals surface area contributed by atoms with Crippen molar-refractivity contribution in [1.82, 2.24) is 17.2 Å². The van der Waals surface area contributed by atoms with E-state index in [0.29, 0.717) is 46.1 Å². The van der Waals surface area contributed by atoms with Crippen molar-refractivity contribution in [2.24, 2.45) is 5.92 Å². The minimum atomic E-state index is -3.97. The average molecular weight is 2230 g/mol. The molecule has 5 heterocycles. The largest absolute Gasteiger partial charge is 0.370 e. The quantitative estimate of drug-likeness (QED) is 0.0168. The molecule has 36 nitrogen and oxygen atoms in total. The highest BCUT2D eigenvalue weighted by molar-refractivity contribution is 7.94. The molecule has 0 spiro atoms. The average Bonchev–Trinajstić information content (AvgIpc) is 0.825. The Bertz CT molecular complexity index is 7500. The molecule has 5 aliphatic rings. The smallest absolute Gasteiger partial charge is 0.358 e. The molecular formula is C102H136N15O21PS9. The van der Waals surface area contributed by atoms with Crippen LogP contribution in [0, 0.1) is 33.3 Å². The van der Waals surface area contributed by atoms with Crippen LogP contribution in [-0.4, -0.2) is 226 Å². The van der Waals surface area contributed by atoms with E-state index in [-0.39, 0.29) is 56.0 Å². The molecular weight excluding hydrogens is 2090 g/mol. The predicted molar refractivity (Wildman–Crippen MR) is 588 cm³/mol. The van der Waals surface area contributed by atoms with Gasteiger partial charge in [-0.3, -0.25) is 28.2 Å². The summed E-state index contributed by atoms with van der Waals surface area (Å²) in [4.78, 5) is 24.4. The van der Waals surface area contributed by atoms with Gasteiger partial charge in [-0.25, -0.2) is 97.8 Å². The fraction of sp³-hybridized carbons (Fsp3) is 0.402. The van der Waals surface area contributed by atoms with E-state index >= 15 is 0 Å². The summed E-state index contributed by atoms with van der Waals surface area (Å²) in [5.41, 5.74) is 9.89. The summed E-state index contributed by atoms with van der Waals surface area (Å²) in [5, 5.41) is 0.0574. The van der Waals surface area contributed by atoms with Gasteiger partial charge in [0.15, 0.2) is 5.69 Å². The first-order chi connectivity index (χ1) is 69.6. The molecule has 15 rings (SSSR count). The summed E-state index contributed by atoms with van der Waals surface area (Å²) in [7, 11) is -26.4. The van der Waals surface area contributed by atoms with Crippen LogP contribution in [0.5, 0.6) is 0 Å². The molecule has 0 aliphatic carbocycles. The lowest BCUT2D eigenvalue weighted by Gasteiger charge is -2.38. The topological polar surface area (TPSA) is 447 Å². The molecule has 5 saturated heterocycles. The van der Waals surface area contributed by atoms with Gasteiger partial charge in [0, 0.05) is 121 Å². The molecule has 148 heavy (non-hydrogen) atoms. The molecule has 5 aliphatic heterocycles. The van der Waals surface area contributed by atoms with E-state index in [4.69, 9.17) is 11.1 Å². The molecule has 10 aromatic carbocycles. The molecule has 804 valence electrons. The summed E-state index contributed by atoms with van der Waals surface area (Å²) in [6.07, 6.45) is 16.5. The van der Waals surface area contributed by atoms with Gasteiger partial charge in [-0.05, 0) is 329 Å². The van der Waals surface area contributed by atoms with Crippen molar-refractivity contribution < 1.29 is 89.7 Å². The highest BCUT2D eigenvalue weighted by Crippen LogP contribution is 2.43. The van der Waals surface area contributed by atoms with Gasteiger partial charge in [-0.2, -0.15) is 0 Å². The second-order valence-corrected chi connectivity index (χ2v) is 56.3. The Morgan fingerprint density at radius 1 is 0.338 bits per heavy atom. The van der Waals surface area contributed by atoms with Gasteiger partial charge in [0.2, 0.25) is 40.1 Å². The van der Waals surface area contributed by atoms with Crippen LogP contribution >= 0.6 is 7.60 Å². The fourth-order valence-corrected chi connectivity index (χ4v) is 27.4. The Kier molecular flexibility index (Phi) is 40.0. The molecule has 10 aromatic rings. The van der Waals surface area contributed by atoms with E-state index in [1.54, 1.807) is 31.2 Å². The van der Waals surface area contributed by atoms with Crippen molar-refractivity contribution in [1.29, 1.82) is 0 Å². The van der Waals surface area contributed by atoms with Crippen LogP contribution in [0.2, 0.25) is 0 Å². The zero-order chi connectivity index (χ0) is 108. The van der Waals surface area contributed by atoms with Gasteiger partial charge < -0.3 is 33.9 Å². The summed E-state index contributed by atoms with van der Waals surface area (Å²) in [5.74, 6) is 0.552. The third-order valence-corrected chi connectivity index (χ3v) is 41.4. The molecule has 5 fully saturated rings. The number of benzene rings is 10. The van der Waals surface area contributed by atoms with Gasteiger partial charge in [-0.15, -0.1) is 0 Å². The number of aryl methyl sites for hydroxylation is 3. The van der Waals surface area contributed by atoms with E-state index in [0.717, 1.165) is 192 Å². The first-order valence-corrected chi connectivity index (χ1v) is 63.4. The molecule has 0 radical (unpaired) electrons.